The van der Waals surface area contributed by atoms with Crippen LogP contribution in [0.4, 0.5) is 0 Å². The largest absolute Gasteiger partial charge is 0.228 e. The van der Waals surface area contributed by atoms with Crippen molar-refractivity contribution in [2.24, 2.45) is 16.2 Å². The summed E-state index contributed by atoms with van der Waals surface area (Å²) in [5.74, 6) is 0.678. The van der Waals surface area contributed by atoms with E-state index in [4.69, 9.17) is 0 Å². The molecule has 0 heterocycles. The highest BCUT2D eigenvalue weighted by molar-refractivity contribution is 7.91. The van der Waals surface area contributed by atoms with Crippen LogP contribution in [0.5, 0.6) is 0 Å². The molecule has 0 radical (unpaired) electrons. The Morgan fingerprint density at radius 1 is 0.600 bits per heavy atom. The summed E-state index contributed by atoms with van der Waals surface area (Å²) in [6, 6.07) is 0. The Morgan fingerprint density at radius 3 is 1.51 bits per heavy atom. The van der Waals surface area contributed by atoms with Crippen LogP contribution in [0, 0.1) is 16.2 Å². The van der Waals surface area contributed by atoms with Crippen molar-refractivity contribution >= 4 is 19.9 Å². The molecule has 0 spiro atoms. The third kappa shape index (κ3) is 31.6. The smallest absolute Gasteiger partial charge is 0.212 e. The number of hydrogen-bond acceptors (Lipinski definition) is 4. The predicted molar refractivity (Wildman–Crippen MR) is 155 cm³/mol. The van der Waals surface area contributed by atoms with Gasteiger partial charge in [0.2, 0.25) is 10.0 Å². The fraction of sp³-hybridized carbons (Fsp3) is 0.929. The highest BCUT2D eigenvalue weighted by atomic mass is 32.2. The van der Waals surface area contributed by atoms with Crippen LogP contribution in [0.1, 0.15) is 128 Å². The van der Waals surface area contributed by atoms with E-state index in [1.165, 1.54) is 12.8 Å². The van der Waals surface area contributed by atoms with Gasteiger partial charge in [0.1, 0.15) is 0 Å². The molecule has 212 valence electrons. The molecule has 0 rings (SSSR count). The molecule has 0 aromatic rings. The summed E-state index contributed by atoms with van der Waals surface area (Å²) in [5.41, 5.74) is 0.178. The van der Waals surface area contributed by atoms with Gasteiger partial charge in [0.25, 0.3) is 0 Å². The lowest BCUT2D eigenvalue weighted by Gasteiger charge is -2.20. The van der Waals surface area contributed by atoms with Crippen molar-refractivity contribution in [1.29, 1.82) is 0 Å². The van der Waals surface area contributed by atoms with Crippen LogP contribution in [0.25, 0.3) is 0 Å². The van der Waals surface area contributed by atoms with Crippen molar-refractivity contribution in [3.8, 4) is 0 Å². The molecular formula is C28H59NO4S2. The van der Waals surface area contributed by atoms with Crippen molar-refractivity contribution in [1.82, 2.24) is 4.72 Å². The molecule has 0 aliphatic carbocycles. The number of sulfonamides is 1. The molecule has 0 amide bonds. The molecule has 0 saturated carbocycles. The Kier molecular flexibility index (Phi) is 15.9. The van der Waals surface area contributed by atoms with Gasteiger partial charge in [-0.25, -0.2) is 21.6 Å². The third-order valence-electron chi connectivity index (χ3n) is 4.78. The number of hydrogen-bond donors (Lipinski definition) is 1. The van der Waals surface area contributed by atoms with Gasteiger partial charge in [-0.15, -0.1) is 0 Å². The fourth-order valence-corrected chi connectivity index (χ4v) is 6.87. The Bertz CT molecular complexity index is 799. The van der Waals surface area contributed by atoms with E-state index in [0.29, 0.717) is 10.8 Å². The van der Waals surface area contributed by atoms with Crippen LogP contribution >= 0.6 is 0 Å². The van der Waals surface area contributed by atoms with Crippen molar-refractivity contribution in [2.75, 3.05) is 17.3 Å². The lowest BCUT2D eigenvalue weighted by atomic mass is 9.89. The van der Waals surface area contributed by atoms with Crippen LogP contribution in [-0.2, 0) is 19.9 Å². The zero-order valence-electron chi connectivity index (χ0n) is 25.2. The van der Waals surface area contributed by atoms with Gasteiger partial charge in [-0.1, -0.05) is 93.7 Å². The second-order valence-electron chi connectivity index (χ2n) is 14.6. The maximum Gasteiger partial charge on any atom is 0.212 e. The van der Waals surface area contributed by atoms with Crippen molar-refractivity contribution in [3.63, 3.8) is 0 Å². The first-order valence-corrected chi connectivity index (χ1v) is 16.7. The number of allylic oxidation sites excluding steroid dienone is 1. The second-order valence-corrected chi connectivity index (χ2v) is 18.5. The number of nitrogens with one attached hydrogen (secondary N) is 1. The molecule has 5 nitrogen and oxygen atoms in total. The quantitative estimate of drug-likeness (QED) is 0.206. The van der Waals surface area contributed by atoms with Gasteiger partial charge >= 0.3 is 0 Å². The Hall–Kier alpha value is -0.400. The predicted octanol–water partition coefficient (Wildman–Crippen LogP) is 7.53. The highest BCUT2D eigenvalue weighted by Gasteiger charge is 2.20. The molecular weight excluding hydrogens is 478 g/mol. The fourth-order valence-electron chi connectivity index (χ4n) is 3.39. The Morgan fingerprint density at radius 2 is 1.09 bits per heavy atom. The summed E-state index contributed by atoms with van der Waals surface area (Å²) in [6.45, 7) is 24.8. The zero-order chi connectivity index (χ0) is 28.2. The molecule has 0 fully saturated rings. The molecule has 0 bridgehead atoms. The molecule has 0 aromatic carbocycles. The lowest BCUT2D eigenvalue weighted by molar-refractivity contribution is 0.357. The van der Waals surface area contributed by atoms with Crippen LogP contribution in [0.15, 0.2) is 12.2 Å². The van der Waals surface area contributed by atoms with E-state index >= 15 is 0 Å². The Labute approximate surface area is 220 Å². The van der Waals surface area contributed by atoms with E-state index in [0.717, 1.165) is 32.1 Å². The van der Waals surface area contributed by atoms with Crippen molar-refractivity contribution in [2.45, 2.75) is 134 Å². The lowest BCUT2D eigenvalue weighted by Crippen LogP contribution is -2.41. The van der Waals surface area contributed by atoms with E-state index in [2.05, 4.69) is 46.3 Å². The third-order valence-corrected chi connectivity index (χ3v) is 8.54. The maximum atomic E-state index is 11.8. The van der Waals surface area contributed by atoms with Gasteiger partial charge in [-0.3, -0.25) is 0 Å². The summed E-state index contributed by atoms with van der Waals surface area (Å²) in [6.07, 6.45) is 11.1. The molecule has 0 aromatic heterocycles. The summed E-state index contributed by atoms with van der Waals surface area (Å²) in [7, 11) is -6.05. The van der Waals surface area contributed by atoms with Gasteiger partial charge in [0.15, 0.2) is 9.84 Å². The second kappa shape index (κ2) is 15.1. The van der Waals surface area contributed by atoms with Gasteiger partial charge in [0, 0.05) is 5.54 Å². The highest BCUT2D eigenvalue weighted by Crippen LogP contribution is 2.22. The minimum Gasteiger partial charge on any atom is -0.228 e. The van der Waals surface area contributed by atoms with E-state index in [9.17, 15) is 16.8 Å². The first-order chi connectivity index (χ1) is 15.3. The summed E-state index contributed by atoms with van der Waals surface area (Å²) >= 11 is 0. The monoisotopic (exact) mass is 537 g/mol. The average molecular weight is 538 g/mol. The van der Waals surface area contributed by atoms with Crippen LogP contribution < -0.4 is 4.72 Å². The van der Waals surface area contributed by atoms with Crippen LogP contribution in [-0.4, -0.2) is 39.6 Å². The van der Waals surface area contributed by atoms with Gasteiger partial charge in [0.05, 0.1) is 17.3 Å². The van der Waals surface area contributed by atoms with E-state index in [1.54, 1.807) is 6.08 Å². The van der Waals surface area contributed by atoms with Gasteiger partial charge < -0.3 is 0 Å². The van der Waals surface area contributed by atoms with Crippen LogP contribution in [0.3, 0.4) is 0 Å². The van der Waals surface area contributed by atoms with Crippen LogP contribution in [0.2, 0.25) is 0 Å². The standard InChI is InChI=1S/C14H31NO2S.C14H28O2S/c1-13(2,3)11-9-7-8-10-12-18(16,17)15-14(4,5)6;1-13(2,3)10-8-7-9-11-17(15,16)12-14(4,5)6/h15H,7-12H2,1-6H3;7,9H,8,10-12H2,1-6H3/b;9-7+. The summed E-state index contributed by atoms with van der Waals surface area (Å²) in [5, 5.41) is 0. The van der Waals surface area contributed by atoms with E-state index < -0.39 is 19.9 Å². The number of rotatable bonds is 12. The minimum absolute atomic E-state index is 0.155. The van der Waals surface area contributed by atoms with Gasteiger partial charge in [-0.2, -0.15) is 0 Å². The molecule has 0 unspecified atom stereocenters. The normalized spacial score (nSPS) is 14.2. The first-order valence-electron chi connectivity index (χ1n) is 13.2. The van der Waals surface area contributed by atoms with Crippen molar-refractivity contribution in [3.05, 3.63) is 12.2 Å². The maximum absolute atomic E-state index is 11.8. The number of unbranched alkanes of at least 4 members (excludes halogenated alkanes) is 3. The zero-order valence-corrected chi connectivity index (χ0v) is 26.8. The SMILES string of the molecule is CC(C)(C)CC/C=C/CS(=O)(=O)CC(C)(C)C.CC(C)(C)CCCCCCS(=O)(=O)NC(C)(C)C. The molecule has 35 heavy (non-hydrogen) atoms. The molecule has 1 N–H and O–H groups in total. The molecule has 0 saturated heterocycles. The molecule has 0 aliphatic heterocycles. The average Bonchev–Trinajstić information content (AvgIpc) is 2.51. The number of sulfone groups is 1. The summed E-state index contributed by atoms with van der Waals surface area (Å²) < 4.78 is 49.6. The Balaban J connectivity index is 0. The van der Waals surface area contributed by atoms with E-state index in [-0.39, 0.29) is 28.2 Å². The topological polar surface area (TPSA) is 80.3 Å². The first kappa shape index (κ1) is 36.8. The van der Waals surface area contributed by atoms with Gasteiger partial charge in [-0.05, 0) is 62.7 Å². The van der Waals surface area contributed by atoms with E-state index in [1.807, 2.05) is 47.6 Å². The van der Waals surface area contributed by atoms with Crippen molar-refractivity contribution < 1.29 is 16.8 Å². The molecule has 0 atom stereocenters. The molecule has 7 heteroatoms. The molecule has 0 aliphatic rings. The summed E-state index contributed by atoms with van der Waals surface area (Å²) in [4.78, 5) is 0. The minimum atomic E-state index is -3.10.